The summed E-state index contributed by atoms with van der Waals surface area (Å²) in [5.41, 5.74) is 3.29. The first kappa shape index (κ1) is 15.0. The Kier molecular flexibility index (Phi) is 4.52. The van der Waals surface area contributed by atoms with Gasteiger partial charge in [-0.25, -0.2) is 4.98 Å². The van der Waals surface area contributed by atoms with Gasteiger partial charge in [0.15, 0.2) is 0 Å². The van der Waals surface area contributed by atoms with Crippen molar-refractivity contribution in [1.82, 2.24) is 14.9 Å². The highest BCUT2D eigenvalue weighted by Gasteiger charge is 2.08. The molecule has 1 N–H and O–H groups in total. The molecule has 0 aliphatic carbocycles. The summed E-state index contributed by atoms with van der Waals surface area (Å²) in [6.07, 6.45) is 1.41. The van der Waals surface area contributed by atoms with E-state index in [1.54, 1.807) is 13.8 Å². The molecule has 1 amide bonds. The third-order valence-corrected chi connectivity index (χ3v) is 3.57. The molecule has 21 heavy (non-hydrogen) atoms. The maximum atomic E-state index is 12.0. The van der Waals surface area contributed by atoms with E-state index in [0.29, 0.717) is 17.8 Å². The van der Waals surface area contributed by atoms with Gasteiger partial charge in [-0.15, -0.1) is 0 Å². The third-order valence-electron chi connectivity index (χ3n) is 3.57. The molecule has 0 aliphatic rings. The molecule has 2 aromatic rings. The normalized spacial score (nSPS) is 10.4. The van der Waals surface area contributed by atoms with E-state index in [2.05, 4.69) is 10.3 Å². The molecule has 0 bridgehead atoms. The van der Waals surface area contributed by atoms with Gasteiger partial charge in [0.25, 0.3) is 5.56 Å². The Morgan fingerprint density at radius 2 is 1.95 bits per heavy atom. The SMILES string of the molecule is Cc1ccccc1CNC(=O)Cn1cnc(C)c(C)c1=O. The Hall–Kier alpha value is -2.43. The van der Waals surface area contributed by atoms with Gasteiger partial charge in [0.05, 0.1) is 6.33 Å². The summed E-state index contributed by atoms with van der Waals surface area (Å²) in [6, 6.07) is 7.87. The molecule has 0 atom stereocenters. The number of hydrogen-bond acceptors (Lipinski definition) is 3. The fourth-order valence-corrected chi connectivity index (χ4v) is 2.00. The van der Waals surface area contributed by atoms with Crippen molar-refractivity contribution in [3.05, 3.63) is 63.3 Å². The van der Waals surface area contributed by atoms with Crippen LogP contribution in [0.5, 0.6) is 0 Å². The second-order valence-electron chi connectivity index (χ2n) is 5.09. The highest BCUT2D eigenvalue weighted by atomic mass is 16.2. The van der Waals surface area contributed by atoms with E-state index in [0.717, 1.165) is 11.1 Å². The van der Waals surface area contributed by atoms with Gasteiger partial charge in [-0.3, -0.25) is 14.2 Å². The molecule has 1 aromatic carbocycles. The molecule has 0 fully saturated rings. The van der Waals surface area contributed by atoms with Gasteiger partial charge in [-0.05, 0) is 31.9 Å². The first-order valence-electron chi connectivity index (χ1n) is 6.83. The van der Waals surface area contributed by atoms with Crippen LogP contribution in [0.15, 0.2) is 35.4 Å². The minimum atomic E-state index is -0.203. The van der Waals surface area contributed by atoms with Crippen molar-refractivity contribution in [2.45, 2.75) is 33.9 Å². The molecule has 0 saturated heterocycles. The van der Waals surface area contributed by atoms with E-state index in [-0.39, 0.29) is 18.0 Å². The van der Waals surface area contributed by atoms with Crippen LogP contribution in [0.4, 0.5) is 0 Å². The molecule has 5 heteroatoms. The van der Waals surface area contributed by atoms with Crippen LogP contribution in [0.3, 0.4) is 0 Å². The lowest BCUT2D eigenvalue weighted by molar-refractivity contribution is -0.121. The summed E-state index contributed by atoms with van der Waals surface area (Å²) in [4.78, 5) is 28.1. The second-order valence-corrected chi connectivity index (χ2v) is 5.09. The van der Waals surface area contributed by atoms with E-state index < -0.39 is 0 Å². The van der Waals surface area contributed by atoms with Gasteiger partial charge >= 0.3 is 0 Å². The smallest absolute Gasteiger partial charge is 0.256 e. The zero-order chi connectivity index (χ0) is 15.4. The summed E-state index contributed by atoms with van der Waals surface area (Å²) in [7, 11) is 0. The van der Waals surface area contributed by atoms with E-state index in [9.17, 15) is 9.59 Å². The Labute approximate surface area is 123 Å². The number of amides is 1. The highest BCUT2D eigenvalue weighted by molar-refractivity contribution is 5.75. The van der Waals surface area contributed by atoms with Gasteiger partial charge < -0.3 is 5.32 Å². The molecule has 0 radical (unpaired) electrons. The Balaban J connectivity index is 2.02. The predicted molar refractivity (Wildman–Crippen MR) is 81.0 cm³/mol. The number of carbonyl (C=O) groups is 1. The molecule has 2 rings (SSSR count). The zero-order valence-corrected chi connectivity index (χ0v) is 12.5. The number of benzene rings is 1. The van der Waals surface area contributed by atoms with Crippen LogP contribution >= 0.6 is 0 Å². The number of aromatic nitrogens is 2. The predicted octanol–water partition coefficient (Wildman–Crippen LogP) is 1.48. The van der Waals surface area contributed by atoms with Gasteiger partial charge in [0, 0.05) is 17.8 Å². The van der Waals surface area contributed by atoms with Crippen molar-refractivity contribution < 1.29 is 4.79 Å². The lowest BCUT2D eigenvalue weighted by Crippen LogP contribution is -2.33. The van der Waals surface area contributed by atoms with Crippen LogP contribution in [-0.4, -0.2) is 15.5 Å². The molecule has 1 heterocycles. The minimum Gasteiger partial charge on any atom is -0.350 e. The highest BCUT2D eigenvalue weighted by Crippen LogP contribution is 2.05. The molecular weight excluding hydrogens is 266 g/mol. The first-order chi connectivity index (χ1) is 9.99. The summed E-state index contributed by atoms with van der Waals surface area (Å²) in [5, 5.41) is 2.82. The number of nitrogens with one attached hydrogen (secondary N) is 1. The second kappa shape index (κ2) is 6.35. The number of aryl methyl sites for hydroxylation is 2. The van der Waals surface area contributed by atoms with Crippen molar-refractivity contribution in [1.29, 1.82) is 0 Å². The fraction of sp³-hybridized carbons (Fsp3) is 0.312. The van der Waals surface area contributed by atoms with Gasteiger partial charge in [-0.2, -0.15) is 0 Å². The summed E-state index contributed by atoms with van der Waals surface area (Å²) < 4.78 is 1.33. The van der Waals surface area contributed by atoms with Crippen molar-refractivity contribution in [3.8, 4) is 0 Å². The summed E-state index contributed by atoms with van der Waals surface area (Å²) in [5.74, 6) is -0.203. The molecule has 0 unspecified atom stereocenters. The topological polar surface area (TPSA) is 64.0 Å². The lowest BCUT2D eigenvalue weighted by atomic mass is 10.1. The quantitative estimate of drug-likeness (QED) is 0.925. The average molecular weight is 285 g/mol. The van der Waals surface area contributed by atoms with Crippen LogP contribution in [0.1, 0.15) is 22.4 Å². The van der Waals surface area contributed by atoms with Crippen LogP contribution < -0.4 is 10.9 Å². The van der Waals surface area contributed by atoms with E-state index >= 15 is 0 Å². The van der Waals surface area contributed by atoms with Crippen molar-refractivity contribution in [2.24, 2.45) is 0 Å². The molecular formula is C16H19N3O2. The third kappa shape index (κ3) is 3.56. The first-order valence-corrected chi connectivity index (χ1v) is 6.83. The molecule has 110 valence electrons. The number of rotatable bonds is 4. The van der Waals surface area contributed by atoms with Crippen molar-refractivity contribution in [2.75, 3.05) is 0 Å². The maximum Gasteiger partial charge on any atom is 0.256 e. The van der Waals surface area contributed by atoms with E-state index in [1.807, 2.05) is 31.2 Å². The Morgan fingerprint density at radius 3 is 2.67 bits per heavy atom. The molecule has 0 spiro atoms. The van der Waals surface area contributed by atoms with Crippen molar-refractivity contribution in [3.63, 3.8) is 0 Å². The molecule has 1 aromatic heterocycles. The van der Waals surface area contributed by atoms with Gasteiger partial charge in [-0.1, -0.05) is 24.3 Å². The van der Waals surface area contributed by atoms with Crippen molar-refractivity contribution >= 4 is 5.91 Å². The molecule has 0 aliphatic heterocycles. The lowest BCUT2D eigenvalue weighted by Gasteiger charge is -2.10. The van der Waals surface area contributed by atoms with Gasteiger partial charge in [0.1, 0.15) is 6.54 Å². The van der Waals surface area contributed by atoms with Crippen LogP contribution in [-0.2, 0) is 17.9 Å². The van der Waals surface area contributed by atoms with Crippen LogP contribution in [0.2, 0.25) is 0 Å². The minimum absolute atomic E-state index is 0.0150. The molecule has 0 saturated carbocycles. The number of carbonyl (C=O) groups excluding carboxylic acids is 1. The number of hydrogen-bond donors (Lipinski definition) is 1. The zero-order valence-electron chi connectivity index (χ0n) is 12.5. The van der Waals surface area contributed by atoms with Crippen LogP contribution in [0, 0.1) is 20.8 Å². The molecule has 5 nitrogen and oxygen atoms in total. The summed E-state index contributed by atoms with van der Waals surface area (Å²) >= 11 is 0. The average Bonchev–Trinajstić information content (AvgIpc) is 2.47. The standard InChI is InChI=1S/C16H19N3O2/c1-11-6-4-5-7-14(11)8-17-15(20)9-19-10-18-13(3)12(2)16(19)21/h4-7,10H,8-9H2,1-3H3,(H,17,20). The van der Waals surface area contributed by atoms with E-state index in [1.165, 1.54) is 10.9 Å². The Bertz CT molecular complexity index is 720. The largest absolute Gasteiger partial charge is 0.350 e. The summed E-state index contributed by atoms with van der Waals surface area (Å²) in [6.45, 7) is 5.93. The Morgan fingerprint density at radius 1 is 1.24 bits per heavy atom. The van der Waals surface area contributed by atoms with Gasteiger partial charge in [0.2, 0.25) is 5.91 Å². The fourth-order valence-electron chi connectivity index (χ4n) is 2.00. The monoisotopic (exact) mass is 285 g/mol. The van der Waals surface area contributed by atoms with E-state index in [4.69, 9.17) is 0 Å². The van der Waals surface area contributed by atoms with Crippen LogP contribution in [0.25, 0.3) is 0 Å². The maximum absolute atomic E-state index is 12.0. The number of nitrogens with zero attached hydrogens (tertiary/aromatic N) is 2.